The Balaban J connectivity index is 1.70. The molecule has 27 heavy (non-hydrogen) atoms. The van der Waals surface area contributed by atoms with Gasteiger partial charge in [-0.1, -0.05) is 45.8 Å². The molecule has 1 heterocycles. The first-order valence-electron chi connectivity index (χ1n) is 8.55. The molecule has 8 heteroatoms. The Morgan fingerprint density at radius 1 is 1.19 bits per heavy atom. The van der Waals surface area contributed by atoms with Gasteiger partial charge < -0.3 is 0 Å². The fourth-order valence-electron chi connectivity index (χ4n) is 2.93. The molecule has 0 spiro atoms. The number of carbonyl (C=O) groups excluding carboxylic acids is 1. The molecule has 0 bridgehead atoms. The first kappa shape index (κ1) is 19.7. The second-order valence-electron chi connectivity index (χ2n) is 6.37. The Kier molecular flexibility index (Phi) is 6.08. The van der Waals surface area contributed by atoms with Gasteiger partial charge in [0.2, 0.25) is 10.0 Å². The maximum atomic E-state index is 12.9. The number of rotatable bonds is 5. The SMILES string of the molecule is Cc1ccc(S(=O)(=O)N2CCCC2C(=O)N/N=C/c2ccc(Br)cc2)cc1. The number of amides is 1. The van der Waals surface area contributed by atoms with Crippen LogP contribution in [-0.4, -0.2) is 37.4 Å². The fourth-order valence-corrected chi connectivity index (χ4v) is 4.85. The Morgan fingerprint density at radius 3 is 2.52 bits per heavy atom. The van der Waals surface area contributed by atoms with Crippen molar-refractivity contribution in [3.63, 3.8) is 0 Å². The first-order chi connectivity index (χ1) is 12.9. The maximum absolute atomic E-state index is 12.9. The smallest absolute Gasteiger partial charge is 0.258 e. The van der Waals surface area contributed by atoms with Crippen LogP contribution in [0.5, 0.6) is 0 Å². The van der Waals surface area contributed by atoms with E-state index >= 15 is 0 Å². The van der Waals surface area contributed by atoms with Crippen molar-refractivity contribution in [1.29, 1.82) is 0 Å². The zero-order valence-corrected chi connectivity index (χ0v) is 17.2. The summed E-state index contributed by atoms with van der Waals surface area (Å²) >= 11 is 3.35. The molecule has 0 saturated carbocycles. The number of sulfonamides is 1. The highest BCUT2D eigenvalue weighted by Gasteiger charge is 2.39. The van der Waals surface area contributed by atoms with Crippen LogP contribution in [0.15, 0.2) is 63.0 Å². The highest BCUT2D eigenvalue weighted by atomic mass is 79.9. The van der Waals surface area contributed by atoms with Gasteiger partial charge >= 0.3 is 0 Å². The molecule has 142 valence electrons. The Labute approximate surface area is 167 Å². The van der Waals surface area contributed by atoms with Crippen molar-refractivity contribution in [2.24, 2.45) is 5.10 Å². The van der Waals surface area contributed by atoms with Gasteiger partial charge in [0, 0.05) is 11.0 Å². The molecule has 1 aliphatic heterocycles. The Morgan fingerprint density at radius 2 is 1.85 bits per heavy atom. The molecule has 0 radical (unpaired) electrons. The van der Waals surface area contributed by atoms with E-state index in [1.165, 1.54) is 10.5 Å². The van der Waals surface area contributed by atoms with Crippen LogP contribution in [0.1, 0.15) is 24.0 Å². The summed E-state index contributed by atoms with van der Waals surface area (Å²) in [6.07, 6.45) is 2.64. The summed E-state index contributed by atoms with van der Waals surface area (Å²) in [6.45, 7) is 2.22. The molecule has 1 amide bonds. The molecule has 2 aromatic rings. The second-order valence-corrected chi connectivity index (χ2v) is 9.18. The lowest BCUT2D eigenvalue weighted by Gasteiger charge is -2.22. The van der Waals surface area contributed by atoms with Gasteiger partial charge in [0.15, 0.2) is 0 Å². The summed E-state index contributed by atoms with van der Waals surface area (Å²) < 4.78 is 28.0. The van der Waals surface area contributed by atoms with Crippen LogP contribution < -0.4 is 5.43 Å². The van der Waals surface area contributed by atoms with Crippen LogP contribution in [0.2, 0.25) is 0 Å². The van der Waals surface area contributed by atoms with Gasteiger partial charge in [-0.05, 0) is 49.6 Å². The molecule has 1 N–H and O–H groups in total. The van der Waals surface area contributed by atoms with Crippen molar-refractivity contribution in [2.75, 3.05) is 6.54 Å². The molecule has 0 aromatic heterocycles. The molecular formula is C19H20BrN3O3S. The van der Waals surface area contributed by atoms with E-state index in [9.17, 15) is 13.2 Å². The number of hydrogen-bond donors (Lipinski definition) is 1. The van der Waals surface area contributed by atoms with E-state index in [1.54, 1.807) is 24.3 Å². The lowest BCUT2D eigenvalue weighted by atomic mass is 10.2. The van der Waals surface area contributed by atoms with E-state index in [2.05, 4.69) is 26.5 Å². The van der Waals surface area contributed by atoms with Crippen molar-refractivity contribution in [1.82, 2.24) is 9.73 Å². The Hall–Kier alpha value is -2.03. The van der Waals surface area contributed by atoms with Gasteiger partial charge in [0.25, 0.3) is 5.91 Å². The van der Waals surface area contributed by atoms with E-state index < -0.39 is 22.0 Å². The lowest BCUT2D eigenvalue weighted by molar-refractivity contribution is -0.124. The van der Waals surface area contributed by atoms with Crippen LogP contribution in [0.3, 0.4) is 0 Å². The number of hydrogen-bond acceptors (Lipinski definition) is 4. The van der Waals surface area contributed by atoms with E-state index in [4.69, 9.17) is 0 Å². The summed E-state index contributed by atoms with van der Waals surface area (Å²) in [7, 11) is -3.72. The van der Waals surface area contributed by atoms with Crippen molar-refractivity contribution in [2.45, 2.75) is 30.7 Å². The topological polar surface area (TPSA) is 78.8 Å². The second kappa shape index (κ2) is 8.33. The van der Waals surface area contributed by atoms with Gasteiger partial charge in [-0.25, -0.2) is 13.8 Å². The number of hydrazone groups is 1. The van der Waals surface area contributed by atoms with Crippen LogP contribution in [0, 0.1) is 6.92 Å². The highest BCUT2D eigenvalue weighted by molar-refractivity contribution is 9.10. The van der Waals surface area contributed by atoms with Crippen molar-refractivity contribution < 1.29 is 13.2 Å². The first-order valence-corrected chi connectivity index (χ1v) is 10.8. The largest absolute Gasteiger partial charge is 0.271 e. The molecule has 6 nitrogen and oxygen atoms in total. The predicted octanol–water partition coefficient (Wildman–Crippen LogP) is 3.06. The average Bonchev–Trinajstić information content (AvgIpc) is 3.14. The van der Waals surface area contributed by atoms with Gasteiger partial charge in [0.1, 0.15) is 6.04 Å². The van der Waals surface area contributed by atoms with E-state index in [0.717, 1.165) is 15.6 Å². The number of aryl methyl sites for hydroxylation is 1. The molecule has 1 saturated heterocycles. The molecule has 0 aliphatic carbocycles. The van der Waals surface area contributed by atoms with Crippen LogP contribution in [-0.2, 0) is 14.8 Å². The van der Waals surface area contributed by atoms with E-state index in [-0.39, 0.29) is 4.90 Å². The maximum Gasteiger partial charge on any atom is 0.258 e. The van der Waals surface area contributed by atoms with Gasteiger partial charge in [0.05, 0.1) is 11.1 Å². The third-order valence-electron chi connectivity index (χ3n) is 4.39. The van der Waals surface area contributed by atoms with Crippen LogP contribution in [0.25, 0.3) is 0 Å². The number of nitrogens with one attached hydrogen (secondary N) is 1. The number of nitrogens with zero attached hydrogens (tertiary/aromatic N) is 2. The molecule has 1 unspecified atom stereocenters. The van der Waals surface area contributed by atoms with Crippen molar-refractivity contribution in [3.05, 3.63) is 64.1 Å². The minimum atomic E-state index is -3.72. The van der Waals surface area contributed by atoms with Crippen LogP contribution in [0.4, 0.5) is 0 Å². The average molecular weight is 450 g/mol. The third-order valence-corrected chi connectivity index (χ3v) is 6.84. The number of benzene rings is 2. The molecule has 3 rings (SSSR count). The zero-order valence-electron chi connectivity index (χ0n) is 14.8. The minimum Gasteiger partial charge on any atom is -0.271 e. The summed E-state index contributed by atoms with van der Waals surface area (Å²) in [5.74, 6) is -0.420. The highest BCUT2D eigenvalue weighted by Crippen LogP contribution is 2.26. The van der Waals surface area contributed by atoms with Gasteiger partial charge in [-0.15, -0.1) is 0 Å². The molecule has 2 aromatic carbocycles. The standard InChI is InChI=1S/C19H20BrN3O3S/c1-14-4-10-17(11-5-14)27(25,26)23-12-2-3-18(23)19(24)22-21-13-15-6-8-16(20)9-7-15/h4-11,13,18H,2-3,12H2,1H3,(H,22,24)/b21-13+. The molecule has 1 atom stereocenters. The van der Waals surface area contributed by atoms with Crippen LogP contribution >= 0.6 is 15.9 Å². The summed E-state index contributed by atoms with van der Waals surface area (Å²) in [6, 6.07) is 13.3. The fraction of sp³-hybridized carbons (Fsp3) is 0.263. The molecular weight excluding hydrogens is 430 g/mol. The Bertz CT molecular complexity index is 941. The monoisotopic (exact) mass is 449 g/mol. The quantitative estimate of drug-likeness (QED) is 0.562. The normalized spacial score (nSPS) is 18.1. The van der Waals surface area contributed by atoms with Crippen molar-refractivity contribution in [3.8, 4) is 0 Å². The lowest BCUT2D eigenvalue weighted by Crippen LogP contribution is -2.44. The summed E-state index contributed by atoms with van der Waals surface area (Å²) in [4.78, 5) is 12.7. The van der Waals surface area contributed by atoms with Gasteiger partial charge in [-0.3, -0.25) is 4.79 Å². The van der Waals surface area contributed by atoms with Crippen molar-refractivity contribution >= 4 is 38.1 Å². The van der Waals surface area contributed by atoms with E-state index in [0.29, 0.717) is 19.4 Å². The van der Waals surface area contributed by atoms with E-state index in [1.807, 2.05) is 31.2 Å². The molecule has 1 aliphatic rings. The minimum absolute atomic E-state index is 0.200. The molecule has 1 fully saturated rings. The number of halogens is 1. The predicted molar refractivity (Wildman–Crippen MR) is 108 cm³/mol. The summed E-state index contributed by atoms with van der Waals surface area (Å²) in [5.41, 5.74) is 4.27. The zero-order chi connectivity index (χ0) is 19.4. The number of carbonyl (C=O) groups is 1. The summed E-state index contributed by atoms with van der Waals surface area (Å²) in [5, 5.41) is 3.96. The van der Waals surface area contributed by atoms with Gasteiger partial charge in [-0.2, -0.15) is 9.41 Å². The third kappa shape index (κ3) is 4.63.